The number of aromatic nitrogens is 2. The number of hydrogen-bond acceptors (Lipinski definition) is 4. The summed E-state index contributed by atoms with van der Waals surface area (Å²) in [6, 6.07) is 1.52. The van der Waals surface area contributed by atoms with E-state index < -0.39 is 5.97 Å². The lowest BCUT2D eigenvalue weighted by atomic mass is 10.5. The molecule has 0 saturated heterocycles. The van der Waals surface area contributed by atoms with Gasteiger partial charge < -0.3 is 4.84 Å². The van der Waals surface area contributed by atoms with Gasteiger partial charge in [-0.1, -0.05) is 0 Å². The molecular weight excluding hydrogens is 134 g/mol. The molecule has 0 saturated carbocycles. The standard InChI is InChI=1S/C5H7N3O2/c1-8-3-2-4(7-8)5(9)10-6/h2-3H,6H2,1H3. The molecule has 0 spiro atoms. The minimum absolute atomic E-state index is 0.213. The topological polar surface area (TPSA) is 70.1 Å². The van der Waals surface area contributed by atoms with E-state index in [0.29, 0.717) is 0 Å². The molecule has 0 fully saturated rings. The van der Waals surface area contributed by atoms with Gasteiger partial charge in [-0.15, -0.1) is 0 Å². The molecule has 1 aromatic rings. The van der Waals surface area contributed by atoms with Crippen molar-refractivity contribution in [2.24, 2.45) is 12.9 Å². The zero-order valence-electron chi connectivity index (χ0n) is 5.44. The minimum atomic E-state index is -0.624. The third-order valence-electron chi connectivity index (χ3n) is 1.03. The van der Waals surface area contributed by atoms with Crippen LogP contribution in [-0.4, -0.2) is 15.7 Å². The van der Waals surface area contributed by atoms with Crippen LogP contribution in [0.4, 0.5) is 0 Å². The average molecular weight is 141 g/mol. The highest BCUT2D eigenvalue weighted by Crippen LogP contribution is 1.93. The van der Waals surface area contributed by atoms with Crippen molar-refractivity contribution in [1.29, 1.82) is 0 Å². The lowest BCUT2D eigenvalue weighted by Gasteiger charge is -1.89. The fourth-order valence-electron chi connectivity index (χ4n) is 0.584. The molecule has 0 bridgehead atoms. The Morgan fingerprint density at radius 2 is 2.60 bits per heavy atom. The number of carbonyl (C=O) groups excluding carboxylic acids is 1. The number of aryl methyl sites for hydroxylation is 1. The van der Waals surface area contributed by atoms with E-state index in [1.54, 1.807) is 13.2 Å². The molecule has 5 heteroatoms. The zero-order chi connectivity index (χ0) is 7.56. The van der Waals surface area contributed by atoms with E-state index in [1.807, 2.05) is 0 Å². The van der Waals surface area contributed by atoms with Crippen LogP contribution in [0.2, 0.25) is 0 Å². The van der Waals surface area contributed by atoms with Crippen LogP contribution in [0.3, 0.4) is 0 Å². The van der Waals surface area contributed by atoms with Gasteiger partial charge in [-0.25, -0.2) is 4.79 Å². The molecule has 0 aliphatic rings. The van der Waals surface area contributed by atoms with Gasteiger partial charge in [-0.3, -0.25) is 4.68 Å². The minimum Gasteiger partial charge on any atom is -0.368 e. The molecule has 0 unspecified atom stereocenters. The Morgan fingerprint density at radius 1 is 1.90 bits per heavy atom. The van der Waals surface area contributed by atoms with E-state index in [9.17, 15) is 4.79 Å². The van der Waals surface area contributed by atoms with Gasteiger partial charge in [0.15, 0.2) is 5.69 Å². The number of nitrogens with two attached hydrogens (primary N) is 1. The van der Waals surface area contributed by atoms with Gasteiger partial charge in [0.05, 0.1) is 0 Å². The highest BCUT2D eigenvalue weighted by Gasteiger charge is 2.07. The third-order valence-corrected chi connectivity index (χ3v) is 1.03. The van der Waals surface area contributed by atoms with Gasteiger partial charge >= 0.3 is 5.97 Å². The molecule has 0 aliphatic carbocycles. The maximum atomic E-state index is 10.6. The second kappa shape index (κ2) is 2.49. The Labute approximate surface area is 57.3 Å². The Kier molecular flexibility index (Phi) is 1.68. The molecule has 54 valence electrons. The van der Waals surface area contributed by atoms with Crippen LogP contribution < -0.4 is 5.90 Å². The Hall–Kier alpha value is -1.36. The largest absolute Gasteiger partial charge is 0.377 e. The average Bonchev–Trinajstić information content (AvgIpc) is 2.34. The Balaban J connectivity index is 2.85. The van der Waals surface area contributed by atoms with Gasteiger partial charge in [0.1, 0.15) is 0 Å². The second-order valence-corrected chi connectivity index (χ2v) is 1.78. The van der Waals surface area contributed by atoms with Crippen LogP contribution >= 0.6 is 0 Å². The molecule has 0 radical (unpaired) electrons. The van der Waals surface area contributed by atoms with Crippen LogP contribution in [0.1, 0.15) is 10.5 Å². The Morgan fingerprint density at radius 3 is 3.00 bits per heavy atom. The quantitative estimate of drug-likeness (QED) is 0.533. The monoisotopic (exact) mass is 141 g/mol. The smallest absolute Gasteiger partial charge is 0.368 e. The fourth-order valence-corrected chi connectivity index (χ4v) is 0.584. The molecular formula is C5H7N3O2. The van der Waals surface area contributed by atoms with Crippen LogP contribution in [0.5, 0.6) is 0 Å². The highest BCUT2D eigenvalue weighted by molar-refractivity contribution is 5.86. The van der Waals surface area contributed by atoms with E-state index in [0.717, 1.165) is 0 Å². The van der Waals surface area contributed by atoms with E-state index in [4.69, 9.17) is 0 Å². The molecule has 0 aromatic carbocycles. The third kappa shape index (κ3) is 1.14. The predicted molar refractivity (Wildman–Crippen MR) is 32.8 cm³/mol. The first kappa shape index (κ1) is 6.76. The lowest BCUT2D eigenvalue weighted by Crippen LogP contribution is -2.10. The van der Waals surface area contributed by atoms with Crippen molar-refractivity contribution in [2.75, 3.05) is 0 Å². The van der Waals surface area contributed by atoms with Crippen LogP contribution in [-0.2, 0) is 11.9 Å². The lowest BCUT2D eigenvalue weighted by molar-refractivity contribution is 0.0495. The van der Waals surface area contributed by atoms with Crippen molar-refractivity contribution in [3.8, 4) is 0 Å². The normalized spacial score (nSPS) is 9.40. The summed E-state index contributed by atoms with van der Waals surface area (Å²) in [7, 11) is 1.70. The van der Waals surface area contributed by atoms with Crippen molar-refractivity contribution >= 4 is 5.97 Å². The zero-order valence-corrected chi connectivity index (χ0v) is 5.44. The van der Waals surface area contributed by atoms with E-state index in [1.165, 1.54) is 10.7 Å². The first-order valence-electron chi connectivity index (χ1n) is 2.64. The van der Waals surface area contributed by atoms with E-state index >= 15 is 0 Å². The van der Waals surface area contributed by atoms with Crippen molar-refractivity contribution in [1.82, 2.24) is 9.78 Å². The summed E-state index contributed by atoms with van der Waals surface area (Å²) < 4.78 is 1.49. The number of rotatable bonds is 1. The molecule has 5 nitrogen and oxygen atoms in total. The molecule has 2 N–H and O–H groups in total. The second-order valence-electron chi connectivity index (χ2n) is 1.78. The summed E-state index contributed by atoms with van der Waals surface area (Å²) in [5, 5.41) is 3.74. The summed E-state index contributed by atoms with van der Waals surface area (Å²) in [5.41, 5.74) is 0.213. The summed E-state index contributed by atoms with van der Waals surface area (Å²) >= 11 is 0. The molecule has 0 atom stereocenters. The SMILES string of the molecule is Cn1ccc(C(=O)ON)n1. The first-order chi connectivity index (χ1) is 4.74. The van der Waals surface area contributed by atoms with Crippen LogP contribution in [0.25, 0.3) is 0 Å². The van der Waals surface area contributed by atoms with Gasteiger partial charge in [0.25, 0.3) is 0 Å². The maximum absolute atomic E-state index is 10.6. The number of hydrogen-bond donors (Lipinski definition) is 1. The predicted octanol–water partition coefficient (Wildman–Crippen LogP) is -0.549. The van der Waals surface area contributed by atoms with Crippen molar-refractivity contribution < 1.29 is 9.63 Å². The van der Waals surface area contributed by atoms with Gasteiger partial charge in [-0.2, -0.15) is 11.0 Å². The summed E-state index contributed by atoms with van der Waals surface area (Å²) in [6.45, 7) is 0. The number of nitrogens with zero attached hydrogens (tertiary/aromatic N) is 2. The molecule has 0 aliphatic heterocycles. The van der Waals surface area contributed by atoms with Gasteiger partial charge in [-0.05, 0) is 6.07 Å². The van der Waals surface area contributed by atoms with Crippen molar-refractivity contribution in [2.45, 2.75) is 0 Å². The maximum Gasteiger partial charge on any atom is 0.377 e. The molecule has 1 heterocycles. The molecule has 1 aromatic heterocycles. The van der Waals surface area contributed by atoms with E-state index in [2.05, 4.69) is 15.8 Å². The van der Waals surface area contributed by atoms with Crippen LogP contribution in [0, 0.1) is 0 Å². The van der Waals surface area contributed by atoms with Crippen molar-refractivity contribution in [3.05, 3.63) is 18.0 Å². The molecule has 10 heavy (non-hydrogen) atoms. The highest BCUT2D eigenvalue weighted by atomic mass is 16.7. The van der Waals surface area contributed by atoms with Gasteiger partial charge in [0.2, 0.25) is 0 Å². The summed E-state index contributed by atoms with van der Waals surface area (Å²) in [5.74, 6) is 3.99. The summed E-state index contributed by atoms with van der Waals surface area (Å²) in [6.07, 6.45) is 1.63. The number of carbonyl (C=O) groups is 1. The molecule has 1 rings (SSSR count). The van der Waals surface area contributed by atoms with Crippen molar-refractivity contribution in [3.63, 3.8) is 0 Å². The molecule has 0 amide bonds. The van der Waals surface area contributed by atoms with E-state index in [-0.39, 0.29) is 5.69 Å². The fraction of sp³-hybridized carbons (Fsp3) is 0.200. The summed E-state index contributed by atoms with van der Waals surface area (Å²) in [4.78, 5) is 14.5. The first-order valence-corrected chi connectivity index (χ1v) is 2.64. The van der Waals surface area contributed by atoms with Crippen LogP contribution in [0.15, 0.2) is 12.3 Å². The van der Waals surface area contributed by atoms with Gasteiger partial charge in [0, 0.05) is 13.2 Å². The Bertz CT molecular complexity index is 243.